The number of alkyl halides is 1. The minimum absolute atomic E-state index is 0. The van der Waals surface area contributed by atoms with Crippen LogP contribution in [0.3, 0.4) is 0 Å². The number of nitrogen functional groups attached to an aromatic ring is 2. The topological polar surface area (TPSA) is 112 Å². The molecule has 0 aliphatic rings. The van der Waals surface area contributed by atoms with Crippen LogP contribution in [0, 0.1) is 13.8 Å². The minimum Gasteiger partial charge on any atom is -0.375 e. The molecule has 2 rings (SSSR count). The van der Waals surface area contributed by atoms with Crippen molar-refractivity contribution in [3.8, 4) is 0 Å². The Morgan fingerprint density at radius 3 is 1.68 bits per heavy atom. The van der Waals surface area contributed by atoms with Gasteiger partial charge in [-0.15, -0.1) is 17.0 Å². The summed E-state index contributed by atoms with van der Waals surface area (Å²) in [6, 6.07) is 0. The lowest BCUT2D eigenvalue weighted by Gasteiger charge is -1.89. The minimum atomic E-state index is 0. The van der Waals surface area contributed by atoms with Gasteiger partial charge in [0.1, 0.15) is 0 Å². The van der Waals surface area contributed by atoms with Crippen molar-refractivity contribution >= 4 is 77.4 Å². The van der Waals surface area contributed by atoms with Crippen molar-refractivity contribution < 1.29 is 9.59 Å². The number of ketones is 2. The third-order valence-corrected chi connectivity index (χ3v) is 4.94. The van der Waals surface area contributed by atoms with Gasteiger partial charge in [-0.2, -0.15) is 0 Å². The molecule has 2 aromatic heterocycles. The highest BCUT2D eigenvalue weighted by atomic mass is 79.9. The Hall–Kier alpha value is -0.840. The van der Waals surface area contributed by atoms with Crippen LogP contribution in [0.25, 0.3) is 0 Å². The highest BCUT2D eigenvalue weighted by Crippen LogP contribution is 2.20. The predicted molar refractivity (Wildman–Crippen MR) is 101 cm³/mol. The van der Waals surface area contributed by atoms with Gasteiger partial charge in [-0.25, -0.2) is 9.97 Å². The zero-order valence-electron chi connectivity index (χ0n) is 12.2. The number of hydrogen-bond acceptors (Lipinski definition) is 8. The Bertz CT molecular complexity index is 670. The molecule has 0 aliphatic carbocycles. The van der Waals surface area contributed by atoms with Crippen molar-refractivity contribution in [2.75, 3.05) is 16.8 Å². The molecule has 0 radical (unpaired) electrons. The second kappa shape index (κ2) is 9.33. The van der Waals surface area contributed by atoms with Crippen LogP contribution in [0.2, 0.25) is 0 Å². The van der Waals surface area contributed by atoms with Gasteiger partial charge in [0.15, 0.2) is 21.8 Å². The number of carbonyl (C=O) groups excluding carboxylic acids is 2. The quantitative estimate of drug-likeness (QED) is 0.523. The lowest BCUT2D eigenvalue weighted by atomic mass is 10.3. The maximum Gasteiger partial charge on any atom is 0.185 e. The van der Waals surface area contributed by atoms with Crippen LogP contribution in [0.1, 0.15) is 37.7 Å². The largest absolute Gasteiger partial charge is 0.375 e. The summed E-state index contributed by atoms with van der Waals surface area (Å²) in [4.78, 5) is 31.1. The Balaban J connectivity index is 0.000000385. The van der Waals surface area contributed by atoms with Crippen molar-refractivity contribution in [1.29, 1.82) is 0 Å². The fourth-order valence-corrected chi connectivity index (χ4v) is 3.45. The zero-order chi connectivity index (χ0) is 16.2. The van der Waals surface area contributed by atoms with E-state index in [1.54, 1.807) is 13.8 Å². The molecule has 6 nitrogen and oxygen atoms in total. The lowest BCUT2D eigenvalue weighted by Crippen LogP contribution is -1.98. The van der Waals surface area contributed by atoms with Crippen molar-refractivity contribution in [1.82, 2.24) is 9.97 Å². The van der Waals surface area contributed by atoms with E-state index in [2.05, 4.69) is 25.9 Å². The fourth-order valence-electron chi connectivity index (χ4n) is 1.48. The normalized spacial score (nSPS) is 9.45. The molecule has 122 valence electrons. The zero-order valence-corrected chi connectivity index (χ0v) is 17.1. The predicted octanol–water partition coefficient (Wildman–Crippen LogP) is 3.43. The van der Waals surface area contributed by atoms with Crippen LogP contribution in [0.4, 0.5) is 10.3 Å². The molecule has 0 spiro atoms. The van der Waals surface area contributed by atoms with Gasteiger partial charge < -0.3 is 11.5 Å². The Labute approximate surface area is 155 Å². The van der Waals surface area contributed by atoms with Gasteiger partial charge in [-0.1, -0.05) is 38.6 Å². The number of anilines is 2. The highest BCUT2D eigenvalue weighted by Gasteiger charge is 2.12. The molecule has 0 fully saturated rings. The Morgan fingerprint density at radius 2 is 1.45 bits per heavy atom. The average Bonchev–Trinajstić information content (AvgIpc) is 2.91. The summed E-state index contributed by atoms with van der Waals surface area (Å²) in [5.41, 5.74) is 12.2. The number of nitrogens with zero attached hydrogens (tertiary/aromatic N) is 2. The number of Topliss-reactive ketones (excluding diaryl/α,β-unsaturated/α-hetero) is 2. The first-order chi connectivity index (χ1) is 9.76. The summed E-state index contributed by atoms with van der Waals surface area (Å²) in [5.74, 6) is 0.0726. The summed E-state index contributed by atoms with van der Waals surface area (Å²) >= 11 is 5.56. The maximum absolute atomic E-state index is 11.1. The number of halogens is 2. The molecule has 4 N–H and O–H groups in total. The first kappa shape index (κ1) is 21.2. The molecular formula is C12H16Br2N4O2S2. The van der Waals surface area contributed by atoms with Gasteiger partial charge in [0, 0.05) is 6.92 Å². The number of aromatic nitrogens is 2. The second-order valence-corrected chi connectivity index (χ2v) is 6.67. The van der Waals surface area contributed by atoms with E-state index >= 15 is 0 Å². The van der Waals surface area contributed by atoms with Crippen molar-refractivity contribution in [3.63, 3.8) is 0 Å². The smallest absolute Gasteiger partial charge is 0.185 e. The van der Waals surface area contributed by atoms with Crippen molar-refractivity contribution in [2.45, 2.75) is 20.8 Å². The van der Waals surface area contributed by atoms with Crippen LogP contribution < -0.4 is 11.5 Å². The molecule has 0 bridgehead atoms. The molecular weight excluding hydrogens is 456 g/mol. The summed E-state index contributed by atoms with van der Waals surface area (Å²) in [7, 11) is 0. The first-order valence-electron chi connectivity index (χ1n) is 5.82. The molecule has 0 aromatic carbocycles. The number of rotatable bonds is 3. The SMILES string of the molecule is Br.CC(=O)c1sc(N)nc1C.Cc1nc(N)sc1C(=O)CBr. The molecule has 10 heteroatoms. The molecule has 2 heterocycles. The molecule has 0 unspecified atom stereocenters. The second-order valence-electron chi connectivity index (χ2n) is 4.05. The van der Waals surface area contributed by atoms with E-state index < -0.39 is 0 Å². The van der Waals surface area contributed by atoms with Crippen LogP contribution >= 0.6 is 55.6 Å². The van der Waals surface area contributed by atoms with Gasteiger partial charge in [0.2, 0.25) is 0 Å². The van der Waals surface area contributed by atoms with Crippen LogP contribution in [0.5, 0.6) is 0 Å². The number of aryl methyl sites for hydroxylation is 2. The number of hydrogen-bond donors (Lipinski definition) is 2. The van der Waals surface area contributed by atoms with Crippen molar-refractivity contribution in [2.24, 2.45) is 0 Å². The molecule has 2 aromatic rings. The highest BCUT2D eigenvalue weighted by molar-refractivity contribution is 9.09. The van der Waals surface area contributed by atoms with Crippen molar-refractivity contribution in [3.05, 3.63) is 21.1 Å². The van der Waals surface area contributed by atoms with E-state index in [9.17, 15) is 9.59 Å². The van der Waals surface area contributed by atoms with Crippen LogP contribution in [-0.2, 0) is 0 Å². The van der Waals surface area contributed by atoms with Gasteiger partial charge in [0.05, 0.1) is 26.5 Å². The number of nitrogens with two attached hydrogens (primary N) is 2. The maximum atomic E-state index is 11.1. The molecule has 0 atom stereocenters. The van der Waals surface area contributed by atoms with E-state index in [1.807, 2.05) is 0 Å². The van der Waals surface area contributed by atoms with Crippen LogP contribution in [-0.4, -0.2) is 26.9 Å². The van der Waals surface area contributed by atoms with Gasteiger partial charge in [0.25, 0.3) is 0 Å². The summed E-state index contributed by atoms with van der Waals surface area (Å²) in [5, 5.41) is 1.24. The monoisotopic (exact) mass is 470 g/mol. The van der Waals surface area contributed by atoms with E-state index in [0.29, 0.717) is 25.3 Å². The summed E-state index contributed by atoms with van der Waals surface area (Å²) in [6.45, 7) is 5.08. The Kier molecular flexibility index (Phi) is 8.98. The Morgan fingerprint density at radius 1 is 1.05 bits per heavy atom. The van der Waals surface area contributed by atoms with E-state index in [1.165, 1.54) is 29.6 Å². The van der Waals surface area contributed by atoms with Gasteiger partial charge >= 0.3 is 0 Å². The van der Waals surface area contributed by atoms with Gasteiger partial charge in [-0.05, 0) is 13.8 Å². The average molecular weight is 472 g/mol. The summed E-state index contributed by atoms with van der Waals surface area (Å²) in [6.07, 6.45) is 0. The molecule has 0 amide bonds. The first-order valence-corrected chi connectivity index (χ1v) is 8.57. The number of carbonyl (C=O) groups is 2. The van der Waals surface area contributed by atoms with E-state index in [4.69, 9.17) is 11.5 Å². The molecule has 22 heavy (non-hydrogen) atoms. The molecule has 0 aliphatic heterocycles. The summed E-state index contributed by atoms with van der Waals surface area (Å²) < 4.78 is 0. The van der Waals surface area contributed by atoms with Crippen LogP contribution in [0.15, 0.2) is 0 Å². The number of thiazole rings is 2. The molecule has 0 saturated heterocycles. The van der Waals surface area contributed by atoms with E-state index in [-0.39, 0.29) is 28.5 Å². The van der Waals surface area contributed by atoms with E-state index in [0.717, 1.165) is 11.4 Å². The molecule has 0 saturated carbocycles. The third kappa shape index (κ3) is 5.75. The lowest BCUT2D eigenvalue weighted by molar-refractivity contribution is 0.101. The standard InChI is InChI=1S/C6H7BrN2OS.C6H8N2OS.BrH/c1-3-5(4(10)2-7)11-6(8)9-3;1-3-5(4(2)9)10-6(7)8-3;/h2H2,1H3,(H2,8,9);1-2H3,(H2,7,8);1H. The third-order valence-electron chi connectivity index (χ3n) is 2.32. The van der Waals surface area contributed by atoms with Gasteiger partial charge in [-0.3, -0.25) is 9.59 Å². The fraction of sp³-hybridized carbons (Fsp3) is 0.333.